The molecule has 5 rings (SSSR count). The summed E-state index contributed by atoms with van der Waals surface area (Å²) in [4.78, 5) is 31.6. The Bertz CT molecular complexity index is 1250. The van der Waals surface area contributed by atoms with Crippen LogP contribution >= 0.6 is 0 Å². The van der Waals surface area contributed by atoms with Crippen molar-refractivity contribution >= 4 is 23.1 Å². The molecule has 1 saturated heterocycles. The fraction of sp³-hybridized carbons (Fsp3) is 0.192. The molecule has 2 heterocycles. The number of phenols is 1. The number of Topliss-reactive ketones (excluding diaryl/α,β-unsaturated/α-hetero) is 1. The van der Waals surface area contributed by atoms with E-state index in [1.807, 2.05) is 12.1 Å². The van der Waals surface area contributed by atoms with Crippen molar-refractivity contribution in [1.29, 1.82) is 0 Å². The van der Waals surface area contributed by atoms with E-state index in [0.717, 1.165) is 31.2 Å². The first-order valence-electron chi connectivity index (χ1n) is 10.7. The number of ketones is 1. The first-order valence-corrected chi connectivity index (χ1v) is 10.7. The number of fused-ring (bicyclic) bond motifs is 1. The summed E-state index contributed by atoms with van der Waals surface area (Å²) in [6, 6.07) is 14.6. The number of carbonyl (C=O) groups excluding carboxylic acids is 2. The second-order valence-corrected chi connectivity index (χ2v) is 8.13. The summed E-state index contributed by atoms with van der Waals surface area (Å²) in [5, 5.41) is 21.7. The van der Waals surface area contributed by atoms with Crippen molar-refractivity contribution in [3.8, 4) is 5.75 Å². The van der Waals surface area contributed by atoms with E-state index < -0.39 is 17.7 Å². The molecule has 2 N–H and O–H groups in total. The minimum Gasteiger partial charge on any atom is -0.507 e. The molecule has 1 fully saturated rings. The van der Waals surface area contributed by atoms with Gasteiger partial charge in [0.15, 0.2) is 0 Å². The highest BCUT2D eigenvalue weighted by molar-refractivity contribution is 6.51. The monoisotopic (exact) mass is 426 g/mol. The van der Waals surface area contributed by atoms with Crippen LogP contribution in [0.5, 0.6) is 5.75 Å². The molecule has 6 nitrogen and oxygen atoms in total. The Morgan fingerprint density at radius 2 is 1.66 bits per heavy atom. The summed E-state index contributed by atoms with van der Waals surface area (Å²) in [7, 11) is 0. The van der Waals surface area contributed by atoms with Gasteiger partial charge in [-0.25, -0.2) is 0 Å². The Labute approximate surface area is 185 Å². The van der Waals surface area contributed by atoms with E-state index in [1.165, 1.54) is 16.5 Å². The summed E-state index contributed by atoms with van der Waals surface area (Å²) in [5.74, 6) is -1.92. The van der Waals surface area contributed by atoms with Gasteiger partial charge in [0.25, 0.3) is 11.7 Å². The average molecular weight is 426 g/mol. The van der Waals surface area contributed by atoms with Gasteiger partial charge in [0.2, 0.25) is 0 Å². The lowest BCUT2D eigenvalue weighted by Gasteiger charge is -2.26. The molecular formula is C26H22N2O4. The zero-order valence-electron chi connectivity index (χ0n) is 17.4. The van der Waals surface area contributed by atoms with E-state index in [-0.39, 0.29) is 22.8 Å². The van der Waals surface area contributed by atoms with Gasteiger partial charge in [-0.1, -0.05) is 24.3 Å². The van der Waals surface area contributed by atoms with E-state index in [9.17, 15) is 19.8 Å². The zero-order valence-corrected chi connectivity index (χ0v) is 17.4. The third-order valence-electron chi connectivity index (χ3n) is 6.23. The number of hydrogen-bond donors (Lipinski definition) is 2. The number of amides is 1. The average Bonchev–Trinajstić information content (AvgIpc) is 3.09. The topological polar surface area (TPSA) is 90.7 Å². The number of para-hydroxylation sites is 2. The molecule has 1 unspecified atom stereocenters. The first-order chi connectivity index (χ1) is 15.6. The minimum absolute atomic E-state index is 0.000197. The van der Waals surface area contributed by atoms with Crippen LogP contribution in [0.1, 0.15) is 41.1 Å². The van der Waals surface area contributed by atoms with E-state index >= 15 is 0 Å². The summed E-state index contributed by atoms with van der Waals surface area (Å²) >= 11 is 0. The van der Waals surface area contributed by atoms with Crippen LogP contribution in [0.4, 0.5) is 5.69 Å². The van der Waals surface area contributed by atoms with Crippen LogP contribution in [-0.2, 0) is 22.4 Å². The van der Waals surface area contributed by atoms with Crippen LogP contribution in [0.3, 0.4) is 0 Å². The van der Waals surface area contributed by atoms with Crippen LogP contribution in [-0.4, -0.2) is 26.9 Å². The SMILES string of the molecule is O=C1C(=O)N(c2ccccc2O)C(c2ccncc2)/C1=C(/O)c1ccc2c(c1)CCCC2. The van der Waals surface area contributed by atoms with Crippen molar-refractivity contribution < 1.29 is 19.8 Å². The third-order valence-corrected chi connectivity index (χ3v) is 6.23. The molecule has 0 spiro atoms. The Balaban J connectivity index is 1.70. The van der Waals surface area contributed by atoms with Crippen molar-refractivity contribution in [2.24, 2.45) is 0 Å². The summed E-state index contributed by atoms with van der Waals surface area (Å²) in [5.41, 5.74) is 3.76. The lowest BCUT2D eigenvalue weighted by molar-refractivity contribution is -0.132. The number of benzene rings is 2. The highest BCUT2D eigenvalue weighted by atomic mass is 16.3. The standard InChI is InChI=1S/C26H22N2O4/c29-21-8-4-3-7-20(21)28-23(17-11-13-27-14-12-17)22(25(31)26(28)32)24(30)19-10-9-16-5-1-2-6-18(16)15-19/h3-4,7-15,23,29-30H,1-2,5-6H2/b24-22-. The predicted molar refractivity (Wildman–Crippen MR) is 120 cm³/mol. The highest BCUT2D eigenvalue weighted by Gasteiger charge is 2.47. The van der Waals surface area contributed by atoms with Gasteiger partial charge < -0.3 is 10.2 Å². The molecule has 0 saturated carbocycles. The molecule has 0 bridgehead atoms. The van der Waals surface area contributed by atoms with Gasteiger partial charge in [-0.05, 0) is 72.7 Å². The van der Waals surface area contributed by atoms with Crippen LogP contribution in [0.15, 0.2) is 72.6 Å². The van der Waals surface area contributed by atoms with Gasteiger partial charge in [-0.3, -0.25) is 19.5 Å². The van der Waals surface area contributed by atoms with Crippen molar-refractivity contribution in [3.63, 3.8) is 0 Å². The van der Waals surface area contributed by atoms with Crippen molar-refractivity contribution in [3.05, 3.63) is 94.8 Å². The summed E-state index contributed by atoms with van der Waals surface area (Å²) < 4.78 is 0. The van der Waals surface area contributed by atoms with Gasteiger partial charge in [0.05, 0.1) is 17.3 Å². The molecule has 1 aliphatic carbocycles. The van der Waals surface area contributed by atoms with Crippen molar-refractivity contribution in [2.45, 2.75) is 31.7 Å². The third kappa shape index (κ3) is 3.24. The number of rotatable bonds is 3. The lowest BCUT2D eigenvalue weighted by atomic mass is 9.89. The lowest BCUT2D eigenvalue weighted by Crippen LogP contribution is -2.29. The normalized spacial score (nSPS) is 19.8. The number of aromatic nitrogens is 1. The number of phenolic OH excluding ortho intramolecular Hbond substituents is 1. The van der Waals surface area contributed by atoms with Crippen LogP contribution < -0.4 is 4.90 Å². The van der Waals surface area contributed by atoms with Gasteiger partial charge in [0, 0.05) is 18.0 Å². The van der Waals surface area contributed by atoms with E-state index in [1.54, 1.807) is 48.8 Å². The first kappa shape index (κ1) is 20.0. The van der Waals surface area contributed by atoms with E-state index in [2.05, 4.69) is 4.98 Å². The molecule has 160 valence electrons. The number of pyridine rings is 1. The Kier molecular flexibility index (Phi) is 4.98. The molecule has 1 aliphatic heterocycles. The smallest absolute Gasteiger partial charge is 0.300 e. The van der Waals surface area contributed by atoms with Gasteiger partial charge >= 0.3 is 0 Å². The molecule has 2 aromatic carbocycles. The highest BCUT2D eigenvalue weighted by Crippen LogP contribution is 2.44. The van der Waals surface area contributed by atoms with Gasteiger partial charge in [-0.2, -0.15) is 0 Å². The molecule has 6 heteroatoms. The number of aromatic hydroxyl groups is 1. The molecule has 1 aromatic heterocycles. The van der Waals surface area contributed by atoms with E-state index in [0.29, 0.717) is 11.1 Å². The zero-order chi connectivity index (χ0) is 22.2. The van der Waals surface area contributed by atoms with Gasteiger partial charge in [0.1, 0.15) is 11.5 Å². The minimum atomic E-state index is -0.887. The molecule has 3 aromatic rings. The molecule has 0 radical (unpaired) electrons. The number of aliphatic hydroxyl groups excluding tert-OH is 1. The number of anilines is 1. The second kappa shape index (κ2) is 7.96. The fourth-order valence-electron chi connectivity index (χ4n) is 4.65. The Morgan fingerprint density at radius 3 is 2.41 bits per heavy atom. The summed E-state index contributed by atoms with van der Waals surface area (Å²) in [6.45, 7) is 0. The maximum Gasteiger partial charge on any atom is 0.300 e. The number of aryl methyl sites for hydroxylation is 2. The maximum atomic E-state index is 13.2. The van der Waals surface area contributed by atoms with Crippen LogP contribution in [0.25, 0.3) is 5.76 Å². The molecule has 1 amide bonds. The molecular weight excluding hydrogens is 404 g/mol. The van der Waals surface area contributed by atoms with Crippen LogP contribution in [0, 0.1) is 0 Å². The van der Waals surface area contributed by atoms with Crippen LogP contribution in [0.2, 0.25) is 0 Å². The fourth-order valence-corrected chi connectivity index (χ4v) is 4.65. The number of hydrogen-bond acceptors (Lipinski definition) is 5. The number of carbonyl (C=O) groups is 2. The Hall–Kier alpha value is -3.93. The largest absolute Gasteiger partial charge is 0.507 e. The quantitative estimate of drug-likeness (QED) is 0.370. The van der Waals surface area contributed by atoms with Crippen molar-refractivity contribution in [2.75, 3.05) is 4.90 Å². The second-order valence-electron chi connectivity index (χ2n) is 8.13. The number of nitrogens with zero attached hydrogens (tertiary/aromatic N) is 2. The molecule has 1 atom stereocenters. The number of aliphatic hydroxyl groups is 1. The maximum absolute atomic E-state index is 13.2. The summed E-state index contributed by atoms with van der Waals surface area (Å²) in [6.07, 6.45) is 7.30. The van der Waals surface area contributed by atoms with E-state index in [4.69, 9.17) is 0 Å². The molecule has 32 heavy (non-hydrogen) atoms. The van der Waals surface area contributed by atoms with Gasteiger partial charge in [-0.15, -0.1) is 0 Å². The predicted octanol–water partition coefficient (Wildman–Crippen LogP) is 4.29. The molecule has 2 aliphatic rings. The van der Waals surface area contributed by atoms with Crippen molar-refractivity contribution in [1.82, 2.24) is 4.98 Å². The Morgan fingerprint density at radius 1 is 0.938 bits per heavy atom.